The zero-order valence-electron chi connectivity index (χ0n) is 11.2. The van der Waals surface area contributed by atoms with Crippen molar-refractivity contribution in [1.29, 1.82) is 0 Å². The molecule has 0 saturated heterocycles. The van der Waals surface area contributed by atoms with Crippen molar-refractivity contribution >= 4 is 56.7 Å². The largest absolute Gasteiger partial charge is 0.481 e. The van der Waals surface area contributed by atoms with E-state index < -0.39 is 17.8 Å². The molecule has 7 heteroatoms. The average molecular weight is 395 g/mol. The number of anilines is 1. The summed E-state index contributed by atoms with van der Waals surface area (Å²) in [6, 6.07) is 3.31. The van der Waals surface area contributed by atoms with Crippen molar-refractivity contribution in [1.82, 2.24) is 0 Å². The second kappa shape index (κ2) is 6.55. The van der Waals surface area contributed by atoms with E-state index in [1.165, 1.54) is 0 Å². The minimum atomic E-state index is -0.931. The molecule has 0 heterocycles. The van der Waals surface area contributed by atoms with Gasteiger partial charge in [-0.2, -0.15) is 0 Å². The van der Waals surface area contributed by atoms with Crippen molar-refractivity contribution in [2.45, 2.75) is 19.8 Å². The Morgan fingerprint density at radius 1 is 1.24 bits per heavy atom. The molecule has 1 aliphatic rings. The van der Waals surface area contributed by atoms with Crippen LogP contribution in [0.5, 0.6) is 0 Å². The van der Waals surface area contributed by atoms with Crippen molar-refractivity contribution in [3.8, 4) is 0 Å². The van der Waals surface area contributed by atoms with Crippen LogP contribution in [0.25, 0.3) is 0 Å². The van der Waals surface area contributed by atoms with Gasteiger partial charge in [-0.1, -0.05) is 30.1 Å². The van der Waals surface area contributed by atoms with Gasteiger partial charge in [0.2, 0.25) is 5.91 Å². The Labute approximate surface area is 140 Å². The summed E-state index contributed by atoms with van der Waals surface area (Å²) < 4.78 is 0.630. The number of hydrogen-bond acceptors (Lipinski definition) is 2. The lowest BCUT2D eigenvalue weighted by molar-refractivity contribution is -0.145. The monoisotopic (exact) mass is 393 g/mol. The molecular formula is C14H14BrCl2NO3. The molecule has 3 unspecified atom stereocenters. The lowest BCUT2D eigenvalue weighted by atomic mass is 9.95. The van der Waals surface area contributed by atoms with Gasteiger partial charge in [0.25, 0.3) is 0 Å². The van der Waals surface area contributed by atoms with Crippen molar-refractivity contribution < 1.29 is 14.7 Å². The topological polar surface area (TPSA) is 66.4 Å². The molecule has 2 rings (SSSR count). The van der Waals surface area contributed by atoms with Gasteiger partial charge in [-0.25, -0.2) is 0 Å². The van der Waals surface area contributed by atoms with Crippen LogP contribution in [-0.2, 0) is 9.59 Å². The normalized spacial score (nSPS) is 24.9. The number of carbonyl (C=O) groups excluding carboxylic acids is 1. The highest BCUT2D eigenvalue weighted by Gasteiger charge is 2.41. The molecule has 1 amide bonds. The van der Waals surface area contributed by atoms with Crippen LogP contribution in [0.1, 0.15) is 19.8 Å². The molecule has 1 aliphatic carbocycles. The summed E-state index contributed by atoms with van der Waals surface area (Å²) in [6.45, 7) is 1.95. The first kappa shape index (κ1) is 16.6. The molecule has 114 valence electrons. The maximum atomic E-state index is 12.3. The molecule has 0 spiro atoms. The zero-order valence-corrected chi connectivity index (χ0v) is 14.3. The molecule has 1 aromatic rings. The third-order valence-electron chi connectivity index (χ3n) is 3.75. The number of carboxylic acids is 1. The predicted molar refractivity (Wildman–Crippen MR) is 85.8 cm³/mol. The number of aliphatic carboxylic acids is 1. The quantitative estimate of drug-likeness (QED) is 0.744. The van der Waals surface area contributed by atoms with Gasteiger partial charge in [-0.15, -0.1) is 0 Å². The van der Waals surface area contributed by atoms with E-state index in [0.717, 1.165) is 0 Å². The molecule has 0 radical (unpaired) electrons. The molecule has 2 N–H and O–H groups in total. The fourth-order valence-electron chi connectivity index (χ4n) is 2.70. The third kappa shape index (κ3) is 3.52. The van der Waals surface area contributed by atoms with E-state index in [0.29, 0.717) is 28.0 Å². The van der Waals surface area contributed by atoms with Crippen LogP contribution in [0.2, 0.25) is 10.0 Å². The van der Waals surface area contributed by atoms with Crippen LogP contribution in [0, 0.1) is 17.8 Å². The first-order valence-corrected chi connectivity index (χ1v) is 8.03. The van der Waals surface area contributed by atoms with Crippen molar-refractivity contribution in [3.63, 3.8) is 0 Å². The summed E-state index contributed by atoms with van der Waals surface area (Å²) in [4.78, 5) is 23.6. The molecule has 1 fully saturated rings. The molecule has 1 aromatic carbocycles. The number of benzene rings is 1. The number of carbonyl (C=O) groups is 2. The molecule has 4 nitrogen and oxygen atoms in total. The summed E-state index contributed by atoms with van der Waals surface area (Å²) in [7, 11) is 0. The Balaban J connectivity index is 2.18. The molecular weight excluding hydrogens is 381 g/mol. The minimum absolute atomic E-state index is 0.214. The van der Waals surface area contributed by atoms with Crippen LogP contribution < -0.4 is 5.32 Å². The average Bonchev–Trinajstić information content (AvgIpc) is 2.82. The lowest BCUT2D eigenvalue weighted by Crippen LogP contribution is -2.30. The second-order valence-corrected chi connectivity index (χ2v) is 6.95. The van der Waals surface area contributed by atoms with Gasteiger partial charge in [0.1, 0.15) is 0 Å². The number of carboxylic acid groups (broad SMARTS) is 1. The van der Waals surface area contributed by atoms with Gasteiger partial charge in [-0.3, -0.25) is 9.59 Å². The first-order chi connectivity index (χ1) is 9.81. The first-order valence-electron chi connectivity index (χ1n) is 6.48. The maximum absolute atomic E-state index is 12.3. The van der Waals surface area contributed by atoms with E-state index in [2.05, 4.69) is 21.2 Å². The number of halogens is 3. The number of hydrogen-bond donors (Lipinski definition) is 2. The van der Waals surface area contributed by atoms with Gasteiger partial charge in [-0.05, 0) is 46.8 Å². The van der Waals surface area contributed by atoms with Gasteiger partial charge < -0.3 is 10.4 Å². The lowest BCUT2D eigenvalue weighted by Gasteiger charge is -2.16. The molecule has 0 bridgehead atoms. The van der Waals surface area contributed by atoms with Gasteiger partial charge >= 0.3 is 5.97 Å². The van der Waals surface area contributed by atoms with Crippen LogP contribution in [0.4, 0.5) is 5.69 Å². The molecule has 0 aliphatic heterocycles. The van der Waals surface area contributed by atoms with Crippen molar-refractivity contribution in [2.75, 3.05) is 5.32 Å². The van der Waals surface area contributed by atoms with Crippen LogP contribution in [0.15, 0.2) is 16.6 Å². The van der Waals surface area contributed by atoms with Crippen molar-refractivity contribution in [2.24, 2.45) is 17.8 Å². The molecule has 21 heavy (non-hydrogen) atoms. The van der Waals surface area contributed by atoms with E-state index in [4.69, 9.17) is 23.2 Å². The smallest absolute Gasteiger partial charge is 0.307 e. The Morgan fingerprint density at radius 2 is 1.86 bits per heavy atom. The van der Waals surface area contributed by atoms with E-state index in [1.807, 2.05) is 6.92 Å². The second-order valence-electron chi connectivity index (χ2n) is 5.34. The fraction of sp³-hybridized carbons (Fsp3) is 0.429. The summed E-state index contributed by atoms with van der Waals surface area (Å²) in [5.74, 6) is -2.24. The van der Waals surface area contributed by atoms with Gasteiger partial charge in [0.15, 0.2) is 0 Å². The number of amides is 1. The van der Waals surface area contributed by atoms with Gasteiger partial charge in [0.05, 0.1) is 27.6 Å². The Bertz CT molecular complexity index is 594. The summed E-state index contributed by atoms with van der Waals surface area (Å²) >= 11 is 15.3. The Kier molecular flexibility index (Phi) is 5.17. The van der Waals surface area contributed by atoms with E-state index in [9.17, 15) is 14.7 Å². The fourth-order valence-corrected chi connectivity index (χ4v) is 3.52. The Hall–Kier alpha value is -0.780. The molecule has 0 aromatic heterocycles. The van der Waals surface area contributed by atoms with E-state index >= 15 is 0 Å². The standard InChI is InChI=1S/C14H14BrCl2NO3/c1-6-4-7(8(5-6)14(20)21)13(19)18-10-3-2-9(15)11(16)12(10)17/h2-3,6-8H,4-5H2,1H3,(H,18,19)(H,20,21). The minimum Gasteiger partial charge on any atom is -0.481 e. The number of nitrogens with one attached hydrogen (secondary N) is 1. The van der Waals surface area contributed by atoms with Gasteiger partial charge in [0, 0.05) is 4.47 Å². The SMILES string of the molecule is CC1CC(C(=O)O)C(C(=O)Nc2ccc(Br)c(Cl)c2Cl)C1. The zero-order chi connectivity index (χ0) is 15.7. The van der Waals surface area contributed by atoms with Crippen LogP contribution in [0.3, 0.4) is 0 Å². The molecule has 1 saturated carbocycles. The van der Waals surface area contributed by atoms with E-state index in [-0.39, 0.29) is 16.8 Å². The van der Waals surface area contributed by atoms with Crippen LogP contribution in [-0.4, -0.2) is 17.0 Å². The number of rotatable bonds is 3. The highest BCUT2D eigenvalue weighted by atomic mass is 79.9. The molecule has 3 atom stereocenters. The summed E-state index contributed by atoms with van der Waals surface area (Å²) in [5, 5.41) is 12.4. The van der Waals surface area contributed by atoms with E-state index in [1.54, 1.807) is 12.1 Å². The highest BCUT2D eigenvalue weighted by Crippen LogP contribution is 2.39. The predicted octanol–water partition coefficient (Wildman–Crippen LogP) is 4.44. The third-order valence-corrected chi connectivity index (χ3v) is 5.52. The van der Waals surface area contributed by atoms with Crippen LogP contribution >= 0.6 is 39.1 Å². The summed E-state index contributed by atoms with van der Waals surface area (Å²) in [6.07, 6.45) is 1.08. The Morgan fingerprint density at radius 3 is 2.48 bits per heavy atom. The maximum Gasteiger partial charge on any atom is 0.307 e. The highest BCUT2D eigenvalue weighted by molar-refractivity contribution is 9.10. The summed E-state index contributed by atoms with van der Waals surface area (Å²) in [5.41, 5.74) is 0.388. The van der Waals surface area contributed by atoms with Crippen molar-refractivity contribution in [3.05, 3.63) is 26.7 Å².